The summed E-state index contributed by atoms with van der Waals surface area (Å²) in [5.41, 5.74) is 0. The van der Waals surface area contributed by atoms with Crippen molar-refractivity contribution >= 4 is 33.1 Å². The maximum Gasteiger partial charge on any atom is 0.135 e. The van der Waals surface area contributed by atoms with E-state index >= 15 is 0 Å². The van der Waals surface area contributed by atoms with Gasteiger partial charge >= 0.3 is 0 Å². The summed E-state index contributed by atoms with van der Waals surface area (Å²) in [7, 11) is 0. The summed E-state index contributed by atoms with van der Waals surface area (Å²) in [6, 6.07) is 13.5. The molecule has 2 N–H and O–H groups in total. The van der Waals surface area contributed by atoms with Crippen molar-refractivity contribution in [2.75, 3.05) is 13.2 Å². The zero-order valence-corrected chi connectivity index (χ0v) is 17.8. The monoisotopic (exact) mass is 416 g/mol. The highest BCUT2D eigenvalue weighted by atomic mass is 35.5. The molecule has 0 amide bonds. The number of rotatable bonds is 10. The standard InChI is InChI=1S/C24H29ClO4/c1-3-7-17(26)14-28-23-19-9-5-6-10-20(19)24(29-15-18(27)8-4-2)22-13-16(25)11-12-21(22)23/h5-6,9-13,17-18,26-27H,3-4,7-8,14-15H2,1-2H3. The van der Waals surface area contributed by atoms with Crippen LogP contribution in [0.25, 0.3) is 21.5 Å². The quantitative estimate of drug-likeness (QED) is 0.414. The first-order valence-electron chi connectivity index (χ1n) is 10.3. The normalized spacial score (nSPS) is 13.6. The predicted molar refractivity (Wildman–Crippen MR) is 119 cm³/mol. The average molecular weight is 417 g/mol. The summed E-state index contributed by atoms with van der Waals surface area (Å²) in [6.45, 7) is 4.52. The van der Waals surface area contributed by atoms with E-state index < -0.39 is 12.2 Å². The van der Waals surface area contributed by atoms with Gasteiger partial charge in [-0.15, -0.1) is 0 Å². The van der Waals surface area contributed by atoms with Gasteiger partial charge in [0.2, 0.25) is 0 Å². The predicted octanol–water partition coefficient (Wildman–Crippen LogP) is 5.73. The highest BCUT2D eigenvalue weighted by Crippen LogP contribution is 2.43. The van der Waals surface area contributed by atoms with Crippen LogP contribution >= 0.6 is 11.6 Å². The van der Waals surface area contributed by atoms with Crippen LogP contribution in [0.3, 0.4) is 0 Å². The second-order valence-electron chi connectivity index (χ2n) is 7.40. The molecule has 156 valence electrons. The molecule has 5 heteroatoms. The highest BCUT2D eigenvalue weighted by Gasteiger charge is 2.18. The number of ether oxygens (including phenoxy) is 2. The van der Waals surface area contributed by atoms with E-state index in [9.17, 15) is 10.2 Å². The molecule has 0 radical (unpaired) electrons. The molecule has 3 rings (SSSR count). The summed E-state index contributed by atoms with van der Waals surface area (Å²) in [6.07, 6.45) is 2.14. The van der Waals surface area contributed by atoms with Crippen LogP contribution in [0.4, 0.5) is 0 Å². The Balaban J connectivity index is 2.10. The molecule has 3 aromatic rings. The van der Waals surface area contributed by atoms with Crippen LogP contribution in [0.5, 0.6) is 11.5 Å². The smallest absolute Gasteiger partial charge is 0.135 e. The minimum absolute atomic E-state index is 0.217. The fraction of sp³-hybridized carbons (Fsp3) is 0.417. The first-order chi connectivity index (χ1) is 14.0. The van der Waals surface area contributed by atoms with Gasteiger partial charge in [-0.2, -0.15) is 0 Å². The Morgan fingerprint density at radius 1 is 0.759 bits per heavy atom. The van der Waals surface area contributed by atoms with E-state index in [1.165, 1.54) is 0 Å². The van der Waals surface area contributed by atoms with Crippen LogP contribution in [0.2, 0.25) is 5.02 Å². The van der Waals surface area contributed by atoms with Crippen LogP contribution in [-0.4, -0.2) is 35.6 Å². The zero-order valence-electron chi connectivity index (χ0n) is 17.0. The van der Waals surface area contributed by atoms with Gasteiger partial charge in [0, 0.05) is 26.6 Å². The van der Waals surface area contributed by atoms with Gasteiger partial charge in [-0.1, -0.05) is 62.6 Å². The minimum Gasteiger partial charge on any atom is -0.490 e. The Kier molecular flexibility index (Phi) is 7.59. The second kappa shape index (κ2) is 10.1. The van der Waals surface area contributed by atoms with Gasteiger partial charge in [0.15, 0.2) is 0 Å². The van der Waals surface area contributed by atoms with E-state index in [0.717, 1.165) is 34.4 Å². The van der Waals surface area contributed by atoms with Gasteiger partial charge < -0.3 is 19.7 Å². The van der Waals surface area contributed by atoms with Gasteiger partial charge in [0.1, 0.15) is 24.7 Å². The largest absolute Gasteiger partial charge is 0.490 e. The van der Waals surface area contributed by atoms with Crippen molar-refractivity contribution in [2.45, 2.75) is 51.7 Å². The fourth-order valence-electron chi connectivity index (χ4n) is 3.57. The van der Waals surface area contributed by atoms with E-state index in [1.807, 2.05) is 56.3 Å². The maximum absolute atomic E-state index is 10.2. The number of aliphatic hydroxyl groups excluding tert-OH is 2. The molecule has 0 heterocycles. The highest BCUT2D eigenvalue weighted by molar-refractivity contribution is 6.31. The van der Waals surface area contributed by atoms with Crippen LogP contribution < -0.4 is 9.47 Å². The third-order valence-corrected chi connectivity index (χ3v) is 5.21. The average Bonchev–Trinajstić information content (AvgIpc) is 2.71. The molecule has 0 aliphatic heterocycles. The van der Waals surface area contributed by atoms with Gasteiger partial charge in [-0.05, 0) is 31.0 Å². The molecule has 0 aliphatic carbocycles. The SMILES string of the molecule is CCCC(O)COc1c2ccccc2c(OCC(O)CCC)c2cc(Cl)ccc12. The molecule has 0 spiro atoms. The molecular formula is C24H29ClO4. The van der Waals surface area contributed by atoms with Crippen LogP contribution in [0.15, 0.2) is 42.5 Å². The number of halogens is 1. The van der Waals surface area contributed by atoms with Crippen molar-refractivity contribution in [3.05, 3.63) is 47.5 Å². The van der Waals surface area contributed by atoms with Crippen molar-refractivity contribution < 1.29 is 19.7 Å². The van der Waals surface area contributed by atoms with Crippen molar-refractivity contribution in [3.8, 4) is 11.5 Å². The lowest BCUT2D eigenvalue weighted by molar-refractivity contribution is 0.0997. The van der Waals surface area contributed by atoms with Crippen molar-refractivity contribution in [3.63, 3.8) is 0 Å². The van der Waals surface area contributed by atoms with Crippen LogP contribution in [0, 0.1) is 0 Å². The molecular weight excluding hydrogens is 388 g/mol. The second-order valence-corrected chi connectivity index (χ2v) is 7.84. The topological polar surface area (TPSA) is 58.9 Å². The molecule has 2 atom stereocenters. The summed E-state index contributed by atoms with van der Waals surface area (Å²) < 4.78 is 12.2. The fourth-order valence-corrected chi connectivity index (χ4v) is 3.75. The van der Waals surface area contributed by atoms with Crippen LogP contribution in [-0.2, 0) is 0 Å². The Morgan fingerprint density at radius 3 is 1.76 bits per heavy atom. The minimum atomic E-state index is -0.520. The molecule has 0 fully saturated rings. The van der Waals surface area contributed by atoms with Crippen molar-refractivity contribution in [1.82, 2.24) is 0 Å². The van der Waals surface area contributed by atoms with E-state index in [-0.39, 0.29) is 13.2 Å². The third-order valence-electron chi connectivity index (χ3n) is 4.97. The van der Waals surface area contributed by atoms with E-state index in [1.54, 1.807) is 0 Å². The molecule has 4 nitrogen and oxygen atoms in total. The van der Waals surface area contributed by atoms with Gasteiger partial charge in [0.05, 0.1) is 12.2 Å². The summed E-state index contributed by atoms with van der Waals surface area (Å²) in [5.74, 6) is 1.40. The van der Waals surface area contributed by atoms with E-state index in [0.29, 0.717) is 29.4 Å². The summed E-state index contributed by atoms with van der Waals surface area (Å²) >= 11 is 6.29. The van der Waals surface area contributed by atoms with E-state index in [2.05, 4.69) is 0 Å². The number of hydrogen-bond donors (Lipinski definition) is 2. The Morgan fingerprint density at radius 2 is 1.24 bits per heavy atom. The molecule has 2 unspecified atom stereocenters. The van der Waals surface area contributed by atoms with Crippen molar-refractivity contribution in [2.24, 2.45) is 0 Å². The van der Waals surface area contributed by atoms with E-state index in [4.69, 9.17) is 21.1 Å². The maximum atomic E-state index is 10.2. The first-order valence-corrected chi connectivity index (χ1v) is 10.7. The van der Waals surface area contributed by atoms with Gasteiger partial charge in [-0.3, -0.25) is 0 Å². The summed E-state index contributed by atoms with van der Waals surface area (Å²) in [4.78, 5) is 0. The molecule has 0 saturated heterocycles. The number of aliphatic hydroxyl groups is 2. The lowest BCUT2D eigenvalue weighted by Crippen LogP contribution is -2.18. The van der Waals surface area contributed by atoms with Gasteiger partial charge in [0.25, 0.3) is 0 Å². The Hall–Kier alpha value is -2.01. The summed E-state index contributed by atoms with van der Waals surface area (Å²) in [5, 5.41) is 24.4. The lowest BCUT2D eigenvalue weighted by atomic mass is 10.0. The zero-order chi connectivity index (χ0) is 20.8. The van der Waals surface area contributed by atoms with Crippen molar-refractivity contribution in [1.29, 1.82) is 0 Å². The van der Waals surface area contributed by atoms with Gasteiger partial charge in [-0.25, -0.2) is 0 Å². The number of hydrogen-bond acceptors (Lipinski definition) is 4. The Labute approximate surface area is 177 Å². The molecule has 29 heavy (non-hydrogen) atoms. The lowest BCUT2D eigenvalue weighted by Gasteiger charge is -2.20. The van der Waals surface area contributed by atoms with Crippen LogP contribution in [0.1, 0.15) is 39.5 Å². The number of benzene rings is 3. The first kappa shape index (κ1) is 21.7. The molecule has 0 aromatic heterocycles. The Bertz CT molecular complexity index is 956. The molecule has 3 aromatic carbocycles. The number of fused-ring (bicyclic) bond motifs is 2. The third kappa shape index (κ3) is 5.13. The molecule has 0 bridgehead atoms. The molecule has 0 saturated carbocycles. The molecule has 0 aliphatic rings.